The van der Waals surface area contributed by atoms with Gasteiger partial charge in [-0.25, -0.2) is 18.7 Å². The lowest BCUT2D eigenvalue weighted by atomic mass is 10.0. The molecule has 1 aromatic heterocycles. The SMILES string of the molecule is Fc1cccc(F)c1C1=NC(c2ccc(-c3ncccn3)cc2)CC1. The summed E-state index contributed by atoms with van der Waals surface area (Å²) in [6.07, 6.45) is 4.70. The van der Waals surface area contributed by atoms with Crippen LogP contribution in [0.3, 0.4) is 0 Å². The molecule has 3 nitrogen and oxygen atoms in total. The molecule has 5 heteroatoms. The van der Waals surface area contributed by atoms with Crippen LogP contribution >= 0.6 is 0 Å². The lowest BCUT2D eigenvalue weighted by Gasteiger charge is -2.08. The summed E-state index contributed by atoms with van der Waals surface area (Å²) in [7, 11) is 0. The van der Waals surface area contributed by atoms with Crippen molar-refractivity contribution in [1.29, 1.82) is 0 Å². The second kappa shape index (κ2) is 6.51. The summed E-state index contributed by atoms with van der Waals surface area (Å²) < 4.78 is 27.9. The standard InChI is InChI=1S/C20H15F2N3/c21-15-3-1-4-16(22)19(15)18-10-9-17(25-18)13-5-7-14(8-6-13)20-23-11-2-12-24-20/h1-8,11-12,17H,9-10H2. The second-order valence-corrected chi connectivity index (χ2v) is 5.92. The molecule has 4 rings (SSSR count). The number of halogens is 2. The van der Waals surface area contributed by atoms with Gasteiger partial charge in [-0.2, -0.15) is 0 Å². The third-order valence-electron chi connectivity index (χ3n) is 4.34. The van der Waals surface area contributed by atoms with Crippen LogP contribution in [0.1, 0.15) is 30.0 Å². The molecule has 1 aliphatic rings. The fourth-order valence-corrected chi connectivity index (χ4v) is 3.10. The zero-order valence-corrected chi connectivity index (χ0v) is 13.4. The van der Waals surface area contributed by atoms with E-state index >= 15 is 0 Å². The molecule has 0 bridgehead atoms. The minimum Gasteiger partial charge on any atom is -0.281 e. The third-order valence-corrected chi connectivity index (χ3v) is 4.34. The highest BCUT2D eigenvalue weighted by Gasteiger charge is 2.24. The van der Waals surface area contributed by atoms with Crippen molar-refractivity contribution in [3.05, 3.63) is 83.7 Å². The van der Waals surface area contributed by atoms with Crippen molar-refractivity contribution >= 4 is 5.71 Å². The molecule has 25 heavy (non-hydrogen) atoms. The van der Waals surface area contributed by atoms with Crippen LogP contribution in [-0.2, 0) is 0 Å². The molecule has 2 aromatic carbocycles. The first-order valence-corrected chi connectivity index (χ1v) is 8.11. The first-order chi connectivity index (χ1) is 12.2. The summed E-state index contributed by atoms with van der Waals surface area (Å²) in [5.41, 5.74) is 2.44. The quantitative estimate of drug-likeness (QED) is 0.693. The van der Waals surface area contributed by atoms with Crippen LogP contribution in [0.2, 0.25) is 0 Å². The van der Waals surface area contributed by atoms with Gasteiger partial charge in [0.2, 0.25) is 0 Å². The van der Waals surface area contributed by atoms with Crippen LogP contribution in [0.4, 0.5) is 8.78 Å². The highest BCUT2D eigenvalue weighted by molar-refractivity contribution is 6.02. The molecule has 0 N–H and O–H groups in total. The molecule has 1 atom stereocenters. The molecule has 0 saturated heterocycles. The summed E-state index contributed by atoms with van der Waals surface area (Å²) in [6, 6.07) is 13.4. The topological polar surface area (TPSA) is 38.1 Å². The van der Waals surface area contributed by atoms with Crippen LogP contribution in [0.15, 0.2) is 65.9 Å². The Balaban J connectivity index is 1.60. The molecule has 0 spiro atoms. The number of hydrogen-bond acceptors (Lipinski definition) is 3. The van der Waals surface area contributed by atoms with Crippen LogP contribution in [0.25, 0.3) is 11.4 Å². The van der Waals surface area contributed by atoms with E-state index in [-0.39, 0.29) is 11.6 Å². The monoisotopic (exact) mass is 335 g/mol. The molecule has 2 heterocycles. The number of benzene rings is 2. The lowest BCUT2D eigenvalue weighted by Crippen LogP contribution is -2.03. The largest absolute Gasteiger partial charge is 0.281 e. The van der Waals surface area contributed by atoms with E-state index in [2.05, 4.69) is 15.0 Å². The summed E-state index contributed by atoms with van der Waals surface area (Å²) >= 11 is 0. The van der Waals surface area contributed by atoms with Gasteiger partial charge < -0.3 is 0 Å². The first-order valence-electron chi connectivity index (χ1n) is 8.11. The second-order valence-electron chi connectivity index (χ2n) is 5.92. The molecule has 0 saturated carbocycles. The van der Waals surface area contributed by atoms with Crippen molar-refractivity contribution in [3.63, 3.8) is 0 Å². The molecular weight excluding hydrogens is 320 g/mol. The highest BCUT2D eigenvalue weighted by atomic mass is 19.1. The maximum absolute atomic E-state index is 13.9. The van der Waals surface area contributed by atoms with E-state index in [9.17, 15) is 8.78 Å². The lowest BCUT2D eigenvalue weighted by molar-refractivity contribution is 0.578. The predicted octanol–water partition coefficient (Wildman–Crippen LogP) is 4.75. The van der Waals surface area contributed by atoms with E-state index in [4.69, 9.17) is 0 Å². The molecule has 1 unspecified atom stereocenters. The van der Waals surface area contributed by atoms with Gasteiger partial charge in [0, 0.05) is 23.7 Å². The van der Waals surface area contributed by atoms with E-state index in [0.29, 0.717) is 18.0 Å². The van der Waals surface area contributed by atoms with E-state index in [1.54, 1.807) is 18.5 Å². The van der Waals surface area contributed by atoms with Crippen LogP contribution in [0.5, 0.6) is 0 Å². The minimum absolute atomic E-state index is 0.000643. The molecule has 3 aromatic rings. The first kappa shape index (κ1) is 15.6. The Morgan fingerprint density at radius 1 is 0.840 bits per heavy atom. The van der Waals surface area contributed by atoms with Crippen LogP contribution < -0.4 is 0 Å². The fraction of sp³-hybridized carbons (Fsp3) is 0.150. The van der Waals surface area contributed by atoms with Crippen molar-refractivity contribution in [2.75, 3.05) is 0 Å². The number of hydrogen-bond donors (Lipinski definition) is 0. The van der Waals surface area contributed by atoms with Crippen molar-refractivity contribution in [2.45, 2.75) is 18.9 Å². The van der Waals surface area contributed by atoms with Gasteiger partial charge in [-0.05, 0) is 36.6 Å². The Morgan fingerprint density at radius 3 is 2.20 bits per heavy atom. The van der Waals surface area contributed by atoms with Gasteiger partial charge in [0.05, 0.1) is 11.6 Å². The average molecular weight is 335 g/mol. The predicted molar refractivity (Wildman–Crippen MR) is 92.3 cm³/mol. The maximum atomic E-state index is 13.9. The Labute approximate surface area is 144 Å². The van der Waals surface area contributed by atoms with Crippen molar-refractivity contribution in [1.82, 2.24) is 9.97 Å². The van der Waals surface area contributed by atoms with Gasteiger partial charge >= 0.3 is 0 Å². The van der Waals surface area contributed by atoms with Crippen molar-refractivity contribution in [2.24, 2.45) is 4.99 Å². The maximum Gasteiger partial charge on any atom is 0.159 e. The number of aliphatic imine (C=N–C) groups is 1. The van der Waals surface area contributed by atoms with Gasteiger partial charge in [0.15, 0.2) is 5.82 Å². The molecule has 124 valence electrons. The van der Waals surface area contributed by atoms with E-state index in [1.165, 1.54) is 18.2 Å². The fourth-order valence-electron chi connectivity index (χ4n) is 3.10. The Morgan fingerprint density at radius 2 is 1.52 bits per heavy atom. The third kappa shape index (κ3) is 3.05. The number of aromatic nitrogens is 2. The Hall–Kier alpha value is -2.95. The Bertz CT molecular complexity index is 901. The Kier molecular flexibility index (Phi) is 4.06. The molecule has 1 aliphatic heterocycles. The van der Waals surface area contributed by atoms with Crippen molar-refractivity contribution < 1.29 is 8.78 Å². The average Bonchev–Trinajstić information content (AvgIpc) is 3.12. The van der Waals surface area contributed by atoms with E-state index in [1.807, 2.05) is 24.3 Å². The van der Waals surface area contributed by atoms with Gasteiger partial charge in [0.25, 0.3) is 0 Å². The minimum atomic E-state index is -0.559. The van der Waals surface area contributed by atoms with E-state index < -0.39 is 11.6 Å². The summed E-state index contributed by atoms with van der Waals surface area (Å²) in [5.74, 6) is -0.454. The number of rotatable bonds is 3. The summed E-state index contributed by atoms with van der Waals surface area (Å²) in [5, 5.41) is 0. The highest BCUT2D eigenvalue weighted by Crippen LogP contribution is 2.33. The molecular formula is C20H15F2N3. The van der Waals surface area contributed by atoms with Crippen LogP contribution in [0, 0.1) is 11.6 Å². The molecule has 0 fully saturated rings. The normalized spacial score (nSPS) is 16.7. The van der Waals surface area contributed by atoms with Gasteiger partial charge in [-0.15, -0.1) is 0 Å². The van der Waals surface area contributed by atoms with Gasteiger partial charge in [-0.3, -0.25) is 4.99 Å². The zero-order valence-electron chi connectivity index (χ0n) is 13.4. The zero-order chi connectivity index (χ0) is 17.2. The van der Waals surface area contributed by atoms with Crippen LogP contribution in [-0.4, -0.2) is 15.7 Å². The molecule has 0 radical (unpaired) electrons. The summed E-state index contributed by atoms with van der Waals surface area (Å²) in [4.78, 5) is 13.0. The molecule has 0 amide bonds. The van der Waals surface area contributed by atoms with Gasteiger partial charge in [0.1, 0.15) is 11.6 Å². The smallest absolute Gasteiger partial charge is 0.159 e. The van der Waals surface area contributed by atoms with Gasteiger partial charge in [-0.1, -0.05) is 30.3 Å². The molecule has 0 aliphatic carbocycles. The number of nitrogens with zero attached hydrogens (tertiary/aromatic N) is 3. The van der Waals surface area contributed by atoms with E-state index in [0.717, 1.165) is 17.5 Å². The summed E-state index contributed by atoms with van der Waals surface area (Å²) in [6.45, 7) is 0. The van der Waals surface area contributed by atoms with Crippen molar-refractivity contribution in [3.8, 4) is 11.4 Å².